The van der Waals surface area contributed by atoms with E-state index < -0.39 is 5.97 Å². The highest BCUT2D eigenvalue weighted by Gasteiger charge is 2.15. The van der Waals surface area contributed by atoms with Gasteiger partial charge >= 0.3 is 5.97 Å². The molecule has 0 aliphatic rings. The molecule has 23 heavy (non-hydrogen) atoms. The van der Waals surface area contributed by atoms with E-state index in [1.165, 1.54) is 23.6 Å². The third kappa shape index (κ3) is 2.86. The zero-order valence-corrected chi connectivity index (χ0v) is 13.0. The van der Waals surface area contributed by atoms with Crippen LogP contribution in [0.3, 0.4) is 0 Å². The number of rotatable bonds is 4. The molecular formula is C16H13N3O3S. The van der Waals surface area contributed by atoms with Gasteiger partial charge < -0.3 is 15.7 Å². The number of amides is 1. The van der Waals surface area contributed by atoms with Gasteiger partial charge in [0, 0.05) is 28.7 Å². The van der Waals surface area contributed by atoms with Crippen molar-refractivity contribution >= 4 is 44.8 Å². The van der Waals surface area contributed by atoms with Crippen molar-refractivity contribution in [3.8, 4) is 0 Å². The third-order valence-electron chi connectivity index (χ3n) is 3.35. The molecule has 0 saturated carbocycles. The molecule has 0 fully saturated rings. The number of carboxylic acids is 1. The lowest BCUT2D eigenvalue weighted by atomic mass is 10.1. The van der Waals surface area contributed by atoms with Gasteiger partial charge in [-0.05, 0) is 12.1 Å². The second kappa shape index (κ2) is 6.05. The minimum Gasteiger partial charge on any atom is -0.478 e. The number of anilines is 2. The molecule has 0 spiro atoms. The predicted octanol–water partition coefficient (Wildman–Crippen LogP) is 3.29. The Morgan fingerprint density at radius 3 is 2.78 bits per heavy atom. The molecule has 0 atom stereocenters. The Kier molecular flexibility index (Phi) is 3.94. The highest BCUT2D eigenvalue weighted by molar-refractivity contribution is 7.17. The summed E-state index contributed by atoms with van der Waals surface area (Å²) in [6.07, 6.45) is 1.24. The monoisotopic (exact) mass is 327 g/mol. The van der Waals surface area contributed by atoms with Crippen LogP contribution in [0.2, 0.25) is 0 Å². The Bertz CT molecular complexity index is 904. The fourth-order valence-electron chi connectivity index (χ4n) is 2.22. The van der Waals surface area contributed by atoms with Gasteiger partial charge in [0.25, 0.3) is 5.91 Å². The molecule has 116 valence electrons. The first-order valence-corrected chi connectivity index (χ1v) is 7.67. The van der Waals surface area contributed by atoms with E-state index in [2.05, 4.69) is 15.6 Å². The summed E-state index contributed by atoms with van der Waals surface area (Å²) < 4.78 is 1.02. The van der Waals surface area contributed by atoms with Gasteiger partial charge in [0.15, 0.2) is 0 Å². The van der Waals surface area contributed by atoms with Crippen LogP contribution < -0.4 is 10.6 Å². The normalized spacial score (nSPS) is 10.5. The summed E-state index contributed by atoms with van der Waals surface area (Å²) >= 11 is 1.48. The van der Waals surface area contributed by atoms with Crippen molar-refractivity contribution in [3.05, 3.63) is 53.0 Å². The summed E-state index contributed by atoms with van der Waals surface area (Å²) in [4.78, 5) is 27.6. The summed E-state index contributed by atoms with van der Waals surface area (Å²) in [6.45, 7) is 0. The Morgan fingerprint density at radius 2 is 2.04 bits per heavy atom. The average molecular weight is 327 g/mol. The number of hydrogen-bond donors (Lipinski definition) is 3. The van der Waals surface area contributed by atoms with Crippen molar-refractivity contribution in [2.75, 3.05) is 17.7 Å². The van der Waals surface area contributed by atoms with Gasteiger partial charge in [-0.1, -0.05) is 18.2 Å². The van der Waals surface area contributed by atoms with Crippen molar-refractivity contribution in [2.45, 2.75) is 0 Å². The van der Waals surface area contributed by atoms with Crippen molar-refractivity contribution in [2.24, 2.45) is 0 Å². The molecule has 3 aromatic rings. The summed E-state index contributed by atoms with van der Waals surface area (Å²) in [5.74, 6) is -0.997. The summed E-state index contributed by atoms with van der Waals surface area (Å²) in [5, 5.41) is 17.3. The standard InChI is InChI=1S/C16H13N3O3S/c1-17-14-12(6-9(7-18-14)16(21)22)19-15(20)11-8-23-13-5-3-2-4-10(11)13/h2-8H,1H3,(H,17,18)(H,19,20)(H,21,22). The molecular weight excluding hydrogens is 314 g/mol. The quantitative estimate of drug-likeness (QED) is 0.684. The molecule has 2 aromatic heterocycles. The molecule has 1 amide bonds. The molecule has 6 nitrogen and oxygen atoms in total. The van der Waals surface area contributed by atoms with E-state index in [-0.39, 0.29) is 11.5 Å². The number of nitrogens with zero attached hydrogens (tertiary/aromatic N) is 1. The second-order valence-electron chi connectivity index (χ2n) is 4.77. The van der Waals surface area contributed by atoms with Crippen molar-refractivity contribution in [3.63, 3.8) is 0 Å². The maximum Gasteiger partial charge on any atom is 0.337 e. The van der Waals surface area contributed by atoms with Gasteiger partial charge in [0.1, 0.15) is 5.82 Å². The number of benzene rings is 1. The predicted molar refractivity (Wildman–Crippen MR) is 90.5 cm³/mol. The van der Waals surface area contributed by atoms with Crippen LogP contribution in [-0.4, -0.2) is 29.0 Å². The molecule has 0 aliphatic heterocycles. The summed E-state index contributed by atoms with van der Waals surface area (Å²) in [6, 6.07) is 9.00. The highest BCUT2D eigenvalue weighted by Crippen LogP contribution is 2.27. The zero-order valence-electron chi connectivity index (χ0n) is 12.2. The second-order valence-corrected chi connectivity index (χ2v) is 5.69. The average Bonchev–Trinajstić information content (AvgIpc) is 2.98. The van der Waals surface area contributed by atoms with Crippen LogP contribution in [0, 0.1) is 0 Å². The highest BCUT2D eigenvalue weighted by atomic mass is 32.1. The lowest BCUT2D eigenvalue weighted by Crippen LogP contribution is -2.14. The first kappa shape index (κ1) is 15.0. The third-order valence-corrected chi connectivity index (χ3v) is 4.31. The number of fused-ring (bicyclic) bond motifs is 1. The molecule has 2 heterocycles. The van der Waals surface area contributed by atoms with Gasteiger partial charge in [-0.3, -0.25) is 4.79 Å². The van der Waals surface area contributed by atoms with Crippen molar-refractivity contribution < 1.29 is 14.7 Å². The summed E-state index contributed by atoms with van der Waals surface area (Å²) in [5.41, 5.74) is 0.885. The fourth-order valence-corrected chi connectivity index (χ4v) is 3.16. The van der Waals surface area contributed by atoms with Crippen LogP contribution in [0.5, 0.6) is 0 Å². The number of aromatic carboxylic acids is 1. The van der Waals surface area contributed by atoms with E-state index in [1.54, 1.807) is 12.4 Å². The van der Waals surface area contributed by atoms with Crippen LogP contribution in [-0.2, 0) is 0 Å². The molecule has 3 rings (SSSR count). The van der Waals surface area contributed by atoms with Gasteiger partial charge in [-0.15, -0.1) is 11.3 Å². The first-order chi connectivity index (χ1) is 11.1. The zero-order chi connectivity index (χ0) is 16.4. The number of carbonyl (C=O) groups excluding carboxylic acids is 1. The van der Waals surface area contributed by atoms with E-state index >= 15 is 0 Å². The minimum absolute atomic E-state index is 0.00877. The van der Waals surface area contributed by atoms with Gasteiger partial charge in [0.05, 0.1) is 16.8 Å². The molecule has 0 radical (unpaired) electrons. The SMILES string of the molecule is CNc1ncc(C(=O)O)cc1NC(=O)c1csc2ccccc12. The number of carbonyl (C=O) groups is 2. The lowest BCUT2D eigenvalue weighted by Gasteiger charge is -2.10. The van der Waals surface area contributed by atoms with E-state index in [9.17, 15) is 9.59 Å². The molecule has 0 saturated heterocycles. The molecule has 0 bridgehead atoms. The molecule has 0 unspecified atom stereocenters. The largest absolute Gasteiger partial charge is 0.478 e. The van der Waals surface area contributed by atoms with E-state index in [1.807, 2.05) is 24.3 Å². The van der Waals surface area contributed by atoms with Crippen molar-refractivity contribution in [1.29, 1.82) is 0 Å². The van der Waals surface area contributed by atoms with Gasteiger partial charge in [-0.2, -0.15) is 0 Å². The molecule has 7 heteroatoms. The number of nitrogens with one attached hydrogen (secondary N) is 2. The lowest BCUT2D eigenvalue weighted by molar-refractivity contribution is 0.0696. The number of carboxylic acid groups (broad SMARTS) is 1. The minimum atomic E-state index is -1.10. The molecule has 0 aliphatic carbocycles. The Hall–Kier alpha value is -2.93. The fraction of sp³-hybridized carbons (Fsp3) is 0.0625. The Morgan fingerprint density at radius 1 is 1.26 bits per heavy atom. The first-order valence-electron chi connectivity index (χ1n) is 6.79. The number of thiophene rings is 1. The van der Waals surface area contributed by atoms with Crippen LogP contribution in [0.1, 0.15) is 20.7 Å². The van der Waals surface area contributed by atoms with Gasteiger partial charge in [-0.25, -0.2) is 9.78 Å². The van der Waals surface area contributed by atoms with E-state index in [0.29, 0.717) is 17.1 Å². The summed E-state index contributed by atoms with van der Waals surface area (Å²) in [7, 11) is 1.65. The molecule has 3 N–H and O–H groups in total. The number of hydrogen-bond acceptors (Lipinski definition) is 5. The maximum atomic E-state index is 12.5. The maximum absolute atomic E-state index is 12.5. The van der Waals surface area contributed by atoms with Crippen LogP contribution in [0.25, 0.3) is 10.1 Å². The van der Waals surface area contributed by atoms with Crippen LogP contribution in [0.4, 0.5) is 11.5 Å². The van der Waals surface area contributed by atoms with Crippen molar-refractivity contribution in [1.82, 2.24) is 4.98 Å². The smallest absolute Gasteiger partial charge is 0.337 e. The van der Waals surface area contributed by atoms with Gasteiger partial charge in [0.2, 0.25) is 0 Å². The van der Waals surface area contributed by atoms with E-state index in [0.717, 1.165) is 10.1 Å². The number of aromatic nitrogens is 1. The molecule has 1 aromatic carbocycles. The van der Waals surface area contributed by atoms with Crippen LogP contribution >= 0.6 is 11.3 Å². The number of pyridine rings is 1. The Balaban J connectivity index is 1.96. The topological polar surface area (TPSA) is 91.3 Å². The van der Waals surface area contributed by atoms with E-state index in [4.69, 9.17) is 5.11 Å². The van der Waals surface area contributed by atoms with Crippen LogP contribution in [0.15, 0.2) is 41.9 Å². The Labute approximate surface area is 135 Å².